The third kappa shape index (κ3) is 3.30. The molecular weight excluding hydrogens is 170 g/mol. The van der Waals surface area contributed by atoms with Gasteiger partial charge in [0.2, 0.25) is 0 Å². The van der Waals surface area contributed by atoms with Gasteiger partial charge in [-0.3, -0.25) is 4.79 Å². The lowest BCUT2D eigenvalue weighted by molar-refractivity contribution is -0.137. The number of rotatable bonds is 4. The van der Waals surface area contributed by atoms with Crippen molar-refractivity contribution in [1.29, 1.82) is 0 Å². The number of carboxylic acids is 1. The molecule has 1 fully saturated rings. The van der Waals surface area contributed by atoms with E-state index in [9.17, 15) is 4.79 Å². The Kier molecular flexibility index (Phi) is 3.65. The Morgan fingerprint density at radius 1 is 1.38 bits per heavy atom. The van der Waals surface area contributed by atoms with Crippen LogP contribution in [0.2, 0.25) is 0 Å². The number of hydrogen-bond acceptors (Lipinski definition) is 4. The summed E-state index contributed by atoms with van der Waals surface area (Å²) in [5.41, 5.74) is 11.4. The highest BCUT2D eigenvalue weighted by molar-refractivity contribution is 5.66. The smallest absolute Gasteiger partial charge is 0.303 e. The molecule has 13 heavy (non-hydrogen) atoms. The molecule has 0 radical (unpaired) electrons. The van der Waals surface area contributed by atoms with Crippen molar-refractivity contribution in [1.82, 2.24) is 4.90 Å². The van der Waals surface area contributed by atoms with E-state index in [1.807, 2.05) is 0 Å². The van der Waals surface area contributed by atoms with E-state index in [-0.39, 0.29) is 18.5 Å². The molecule has 2 atom stereocenters. The molecule has 0 aromatic heterocycles. The molecule has 0 saturated carbocycles. The number of hydrogen-bond donors (Lipinski definition) is 3. The van der Waals surface area contributed by atoms with E-state index >= 15 is 0 Å². The lowest BCUT2D eigenvalue weighted by Crippen LogP contribution is -2.39. The Morgan fingerprint density at radius 2 is 1.92 bits per heavy atom. The third-order valence-corrected chi connectivity index (χ3v) is 2.35. The number of nitrogens with two attached hydrogens (primary N) is 2. The van der Waals surface area contributed by atoms with Crippen LogP contribution in [-0.2, 0) is 4.79 Å². The summed E-state index contributed by atoms with van der Waals surface area (Å²) in [6.45, 7) is 2.37. The maximum Gasteiger partial charge on any atom is 0.303 e. The highest BCUT2D eigenvalue weighted by Crippen LogP contribution is 2.07. The van der Waals surface area contributed by atoms with E-state index in [4.69, 9.17) is 16.6 Å². The van der Waals surface area contributed by atoms with Gasteiger partial charge in [0.25, 0.3) is 0 Å². The van der Waals surface area contributed by atoms with Gasteiger partial charge in [0, 0.05) is 31.6 Å². The molecule has 1 aliphatic rings. The van der Waals surface area contributed by atoms with E-state index in [0.717, 1.165) is 19.6 Å². The largest absolute Gasteiger partial charge is 0.481 e. The number of likely N-dealkylation sites (tertiary alicyclic amines) is 1. The van der Waals surface area contributed by atoms with Crippen LogP contribution in [0.15, 0.2) is 0 Å². The van der Waals surface area contributed by atoms with Gasteiger partial charge in [-0.2, -0.15) is 0 Å². The minimum absolute atomic E-state index is 0.0461. The van der Waals surface area contributed by atoms with Crippen molar-refractivity contribution < 1.29 is 9.90 Å². The van der Waals surface area contributed by atoms with Gasteiger partial charge in [-0.1, -0.05) is 0 Å². The molecule has 0 aromatic carbocycles. The maximum absolute atomic E-state index is 10.2. The van der Waals surface area contributed by atoms with Gasteiger partial charge in [-0.15, -0.1) is 0 Å². The van der Waals surface area contributed by atoms with Crippen LogP contribution < -0.4 is 11.5 Å². The predicted octanol–water partition coefficient (Wildman–Crippen LogP) is -1.18. The SMILES string of the molecule is NC1CN(CCCC(=O)O)CC1N. The van der Waals surface area contributed by atoms with Gasteiger partial charge in [0.15, 0.2) is 0 Å². The summed E-state index contributed by atoms with van der Waals surface area (Å²) in [5.74, 6) is -0.743. The van der Waals surface area contributed by atoms with Crippen molar-refractivity contribution in [2.24, 2.45) is 11.5 Å². The molecule has 1 heterocycles. The van der Waals surface area contributed by atoms with Crippen LogP contribution in [0.1, 0.15) is 12.8 Å². The van der Waals surface area contributed by atoms with Crippen LogP contribution >= 0.6 is 0 Å². The van der Waals surface area contributed by atoms with Gasteiger partial charge in [-0.05, 0) is 13.0 Å². The zero-order valence-corrected chi connectivity index (χ0v) is 7.65. The van der Waals surface area contributed by atoms with E-state index in [1.54, 1.807) is 0 Å². The van der Waals surface area contributed by atoms with Crippen LogP contribution in [0, 0.1) is 0 Å². The summed E-state index contributed by atoms with van der Waals surface area (Å²) in [4.78, 5) is 12.4. The molecule has 0 bridgehead atoms. The Labute approximate surface area is 77.7 Å². The Hall–Kier alpha value is -0.650. The van der Waals surface area contributed by atoms with Gasteiger partial charge >= 0.3 is 5.97 Å². The molecule has 5 heteroatoms. The normalized spacial score (nSPS) is 29.4. The summed E-state index contributed by atoms with van der Waals surface area (Å²) in [5, 5.41) is 8.42. The third-order valence-electron chi connectivity index (χ3n) is 2.35. The fourth-order valence-corrected chi connectivity index (χ4v) is 1.58. The predicted molar refractivity (Wildman–Crippen MR) is 49.3 cm³/mol. The molecular formula is C8H17N3O2. The zero-order chi connectivity index (χ0) is 9.84. The first-order valence-electron chi connectivity index (χ1n) is 4.55. The van der Waals surface area contributed by atoms with Crippen molar-refractivity contribution >= 4 is 5.97 Å². The molecule has 0 aromatic rings. The average molecular weight is 187 g/mol. The monoisotopic (exact) mass is 187 g/mol. The standard InChI is InChI=1S/C8H17N3O2/c9-6-4-11(5-7(6)10)3-1-2-8(12)13/h6-7H,1-5,9-10H2,(H,12,13). The summed E-state index contributed by atoms with van der Waals surface area (Å²) in [7, 11) is 0. The van der Waals surface area contributed by atoms with E-state index in [0.29, 0.717) is 6.42 Å². The van der Waals surface area contributed by atoms with Crippen LogP contribution in [0.25, 0.3) is 0 Å². The summed E-state index contributed by atoms with van der Waals surface area (Å²) < 4.78 is 0. The molecule has 0 spiro atoms. The number of carbonyl (C=O) groups is 1. The van der Waals surface area contributed by atoms with Gasteiger partial charge in [0.05, 0.1) is 0 Å². The second-order valence-electron chi connectivity index (χ2n) is 3.58. The molecule has 0 amide bonds. The van der Waals surface area contributed by atoms with Crippen LogP contribution in [0.3, 0.4) is 0 Å². The first-order valence-corrected chi connectivity index (χ1v) is 4.55. The van der Waals surface area contributed by atoms with Crippen molar-refractivity contribution in [3.63, 3.8) is 0 Å². The Balaban J connectivity index is 2.13. The van der Waals surface area contributed by atoms with Gasteiger partial charge in [0.1, 0.15) is 0 Å². The van der Waals surface area contributed by atoms with E-state index in [1.165, 1.54) is 0 Å². The molecule has 1 saturated heterocycles. The highest BCUT2D eigenvalue weighted by atomic mass is 16.4. The zero-order valence-electron chi connectivity index (χ0n) is 7.65. The van der Waals surface area contributed by atoms with E-state index < -0.39 is 5.97 Å². The first kappa shape index (κ1) is 10.4. The Bertz CT molecular complexity index is 176. The Morgan fingerprint density at radius 3 is 2.38 bits per heavy atom. The van der Waals surface area contributed by atoms with Crippen molar-refractivity contribution in [2.45, 2.75) is 24.9 Å². The van der Waals surface area contributed by atoms with Crippen LogP contribution in [0.4, 0.5) is 0 Å². The van der Waals surface area contributed by atoms with Crippen LogP contribution in [-0.4, -0.2) is 47.7 Å². The summed E-state index contributed by atoms with van der Waals surface area (Å²) in [6, 6.07) is 0.0923. The van der Waals surface area contributed by atoms with Crippen molar-refractivity contribution in [3.05, 3.63) is 0 Å². The first-order chi connectivity index (χ1) is 6.09. The van der Waals surface area contributed by atoms with Gasteiger partial charge < -0.3 is 21.5 Å². The molecule has 0 aliphatic carbocycles. The second-order valence-corrected chi connectivity index (χ2v) is 3.58. The molecule has 1 rings (SSSR count). The molecule has 5 nitrogen and oxygen atoms in total. The maximum atomic E-state index is 10.2. The number of aliphatic carboxylic acids is 1. The molecule has 1 aliphatic heterocycles. The van der Waals surface area contributed by atoms with Crippen molar-refractivity contribution in [2.75, 3.05) is 19.6 Å². The molecule has 2 unspecified atom stereocenters. The number of carboxylic acid groups (broad SMARTS) is 1. The van der Waals surface area contributed by atoms with Gasteiger partial charge in [-0.25, -0.2) is 0 Å². The lowest BCUT2D eigenvalue weighted by atomic mass is 10.2. The quantitative estimate of drug-likeness (QED) is 0.515. The van der Waals surface area contributed by atoms with Crippen LogP contribution in [0.5, 0.6) is 0 Å². The fourth-order valence-electron chi connectivity index (χ4n) is 1.58. The second kappa shape index (κ2) is 4.55. The minimum atomic E-state index is -0.743. The van der Waals surface area contributed by atoms with Crippen molar-refractivity contribution in [3.8, 4) is 0 Å². The lowest BCUT2D eigenvalue weighted by Gasteiger charge is -2.13. The fraction of sp³-hybridized carbons (Fsp3) is 0.875. The van der Waals surface area contributed by atoms with E-state index in [2.05, 4.69) is 4.90 Å². The number of nitrogens with zero attached hydrogens (tertiary/aromatic N) is 1. The summed E-state index contributed by atoms with van der Waals surface area (Å²) in [6.07, 6.45) is 0.899. The minimum Gasteiger partial charge on any atom is -0.481 e. The summed E-state index contributed by atoms with van der Waals surface area (Å²) >= 11 is 0. The highest BCUT2D eigenvalue weighted by Gasteiger charge is 2.26. The average Bonchev–Trinajstić information content (AvgIpc) is 2.30. The molecule has 5 N–H and O–H groups in total. The molecule has 76 valence electrons. The topological polar surface area (TPSA) is 92.6 Å².